The number of carbonyl (C=O) groups excluding carboxylic acids is 2. The summed E-state index contributed by atoms with van der Waals surface area (Å²) in [5.41, 5.74) is 0.0662. The molecular formula is C24H22O4Si. The highest BCUT2D eigenvalue weighted by Gasteiger charge is 2.45. The van der Waals surface area contributed by atoms with E-state index in [0.717, 1.165) is 15.6 Å². The van der Waals surface area contributed by atoms with Gasteiger partial charge < -0.3 is 9.16 Å². The smallest absolute Gasteiger partial charge is 0.350 e. The fourth-order valence-corrected chi connectivity index (χ4v) is 6.99. The predicted octanol–water partition coefficient (Wildman–Crippen LogP) is 2.32. The summed E-state index contributed by atoms with van der Waals surface area (Å²) in [4.78, 5) is 24.7. The molecule has 0 heterocycles. The van der Waals surface area contributed by atoms with Crippen LogP contribution in [-0.4, -0.2) is 27.4 Å². The molecule has 0 saturated heterocycles. The van der Waals surface area contributed by atoms with Crippen molar-refractivity contribution in [3.8, 4) is 0 Å². The van der Waals surface area contributed by atoms with Crippen LogP contribution in [0.5, 0.6) is 0 Å². The normalized spacial score (nSPS) is 10.8. The zero-order valence-corrected chi connectivity index (χ0v) is 17.2. The summed E-state index contributed by atoms with van der Waals surface area (Å²) >= 11 is 0. The second-order valence-corrected chi connectivity index (χ2v) is 9.82. The summed E-state index contributed by atoms with van der Waals surface area (Å²) in [6.45, 7) is 3.75. The van der Waals surface area contributed by atoms with Crippen LogP contribution < -0.4 is 15.6 Å². The highest BCUT2D eigenvalue weighted by molar-refractivity contribution is 7.07. The minimum Gasteiger partial charge on any atom is -0.502 e. The largest absolute Gasteiger partial charge is 0.502 e. The first-order chi connectivity index (χ1) is 14.1. The molecule has 0 aliphatic rings. The van der Waals surface area contributed by atoms with Crippen molar-refractivity contribution in [1.82, 2.24) is 0 Å². The molecule has 0 fully saturated rings. The van der Waals surface area contributed by atoms with E-state index in [4.69, 9.17) is 4.43 Å². The second-order valence-electron chi connectivity index (χ2n) is 6.53. The van der Waals surface area contributed by atoms with Crippen LogP contribution in [0.3, 0.4) is 0 Å². The van der Waals surface area contributed by atoms with E-state index in [-0.39, 0.29) is 12.0 Å². The third kappa shape index (κ3) is 4.36. The molecule has 0 atom stereocenters. The van der Waals surface area contributed by atoms with E-state index in [1.807, 2.05) is 91.0 Å². The van der Waals surface area contributed by atoms with Crippen molar-refractivity contribution in [1.29, 1.82) is 0 Å². The van der Waals surface area contributed by atoms with Gasteiger partial charge in [0, 0.05) is 5.57 Å². The molecule has 3 rings (SSSR count). The van der Waals surface area contributed by atoms with E-state index in [9.17, 15) is 9.59 Å². The lowest BCUT2D eigenvalue weighted by atomic mass is 10.2. The molecule has 0 spiro atoms. The number of benzene rings is 3. The molecule has 0 radical (unpaired) electrons. The van der Waals surface area contributed by atoms with Crippen LogP contribution in [0.4, 0.5) is 0 Å². The van der Waals surface area contributed by atoms with Crippen molar-refractivity contribution < 1.29 is 18.8 Å². The molecule has 0 amide bonds. The third-order valence-electron chi connectivity index (χ3n) is 4.66. The number of carbonyl (C=O) groups is 2. The van der Waals surface area contributed by atoms with Crippen molar-refractivity contribution in [3.63, 3.8) is 0 Å². The molecule has 0 aromatic heterocycles. The Morgan fingerprint density at radius 1 is 0.759 bits per heavy atom. The number of hydrogen-bond donors (Lipinski definition) is 0. The number of methoxy groups -OCH3 is 1. The van der Waals surface area contributed by atoms with E-state index >= 15 is 0 Å². The molecule has 0 aliphatic carbocycles. The average molecular weight is 403 g/mol. The van der Waals surface area contributed by atoms with E-state index < -0.39 is 20.3 Å². The maximum atomic E-state index is 13.0. The van der Waals surface area contributed by atoms with Gasteiger partial charge in [-0.15, -0.1) is 0 Å². The summed E-state index contributed by atoms with van der Waals surface area (Å²) < 4.78 is 11.0. The van der Waals surface area contributed by atoms with Gasteiger partial charge >= 0.3 is 20.3 Å². The molecule has 29 heavy (non-hydrogen) atoms. The van der Waals surface area contributed by atoms with E-state index in [1.165, 1.54) is 7.11 Å². The van der Waals surface area contributed by atoms with Gasteiger partial charge in [-0.05, 0) is 15.6 Å². The number of rotatable bonds is 7. The Balaban J connectivity index is 2.16. The van der Waals surface area contributed by atoms with Crippen molar-refractivity contribution in [3.05, 3.63) is 103 Å². The summed E-state index contributed by atoms with van der Waals surface area (Å²) in [5.74, 6) is -1.13. The molecule has 5 heteroatoms. The SMILES string of the molecule is C=C(CC(=O)OC)C(=O)O[Si](c1ccccc1)(c1ccccc1)c1ccccc1. The van der Waals surface area contributed by atoms with Crippen LogP contribution in [-0.2, 0) is 18.8 Å². The molecule has 146 valence electrons. The number of hydrogen-bond acceptors (Lipinski definition) is 4. The first-order valence-corrected chi connectivity index (χ1v) is 11.1. The zero-order valence-electron chi connectivity index (χ0n) is 16.2. The van der Waals surface area contributed by atoms with Crippen LogP contribution >= 0.6 is 0 Å². The Morgan fingerprint density at radius 3 is 1.48 bits per heavy atom. The summed E-state index contributed by atoms with van der Waals surface area (Å²) in [7, 11) is -1.90. The van der Waals surface area contributed by atoms with Gasteiger partial charge in [-0.3, -0.25) is 4.79 Å². The Hall–Kier alpha value is -3.44. The lowest BCUT2D eigenvalue weighted by Gasteiger charge is -2.32. The zero-order chi connectivity index (χ0) is 20.7. The first-order valence-electron chi connectivity index (χ1n) is 9.22. The minimum atomic E-state index is -3.17. The Morgan fingerprint density at radius 2 is 1.14 bits per heavy atom. The first kappa shape index (κ1) is 20.3. The van der Waals surface area contributed by atoms with Crippen LogP contribution in [0.25, 0.3) is 0 Å². The maximum absolute atomic E-state index is 13.0. The van der Waals surface area contributed by atoms with E-state index in [1.54, 1.807) is 0 Å². The quantitative estimate of drug-likeness (QED) is 0.263. The van der Waals surface area contributed by atoms with Crippen LogP contribution in [0.2, 0.25) is 0 Å². The van der Waals surface area contributed by atoms with Crippen LogP contribution in [0, 0.1) is 0 Å². The summed E-state index contributed by atoms with van der Waals surface area (Å²) in [6.07, 6.45) is -0.210. The average Bonchev–Trinajstić information content (AvgIpc) is 2.79. The van der Waals surface area contributed by atoms with Gasteiger partial charge in [0.1, 0.15) is 0 Å². The van der Waals surface area contributed by atoms with Gasteiger partial charge in [0.15, 0.2) is 0 Å². The van der Waals surface area contributed by atoms with Crippen molar-refractivity contribution in [2.24, 2.45) is 0 Å². The van der Waals surface area contributed by atoms with E-state index in [2.05, 4.69) is 11.3 Å². The van der Waals surface area contributed by atoms with Gasteiger partial charge in [0.05, 0.1) is 13.5 Å². The lowest BCUT2D eigenvalue weighted by molar-refractivity contribution is -0.141. The molecule has 0 saturated carbocycles. The summed E-state index contributed by atoms with van der Waals surface area (Å²) in [5, 5.41) is 2.78. The fraction of sp³-hybridized carbons (Fsp3) is 0.0833. The van der Waals surface area contributed by atoms with Gasteiger partial charge in [-0.25, -0.2) is 4.79 Å². The van der Waals surface area contributed by atoms with Gasteiger partial charge in [0.25, 0.3) is 0 Å². The predicted molar refractivity (Wildman–Crippen MR) is 116 cm³/mol. The molecule has 4 nitrogen and oxygen atoms in total. The molecular weight excluding hydrogens is 380 g/mol. The molecule has 0 bridgehead atoms. The topological polar surface area (TPSA) is 52.6 Å². The second kappa shape index (κ2) is 9.17. The Kier molecular flexibility index (Phi) is 6.42. The van der Waals surface area contributed by atoms with Crippen LogP contribution in [0.15, 0.2) is 103 Å². The van der Waals surface area contributed by atoms with E-state index in [0.29, 0.717) is 0 Å². The fourth-order valence-electron chi connectivity index (χ4n) is 3.23. The van der Waals surface area contributed by atoms with Gasteiger partial charge in [-0.2, -0.15) is 0 Å². The molecule has 0 unspecified atom stereocenters. The molecule has 3 aromatic carbocycles. The lowest BCUT2D eigenvalue weighted by Crippen LogP contribution is -2.70. The van der Waals surface area contributed by atoms with Crippen molar-refractivity contribution in [2.75, 3.05) is 7.11 Å². The van der Waals surface area contributed by atoms with Crippen molar-refractivity contribution >= 4 is 35.8 Å². The highest BCUT2D eigenvalue weighted by atomic mass is 28.4. The highest BCUT2D eigenvalue weighted by Crippen LogP contribution is 2.13. The van der Waals surface area contributed by atoms with Gasteiger partial charge in [-0.1, -0.05) is 97.6 Å². The Labute approximate surface area is 171 Å². The number of ether oxygens (including phenoxy) is 1. The van der Waals surface area contributed by atoms with Crippen molar-refractivity contribution in [2.45, 2.75) is 6.42 Å². The monoisotopic (exact) mass is 402 g/mol. The maximum Gasteiger partial charge on any atom is 0.350 e. The molecule has 0 N–H and O–H groups in total. The minimum absolute atomic E-state index is 0.0662. The Bertz CT molecular complexity index is 888. The summed E-state index contributed by atoms with van der Waals surface area (Å²) in [6, 6.07) is 29.2. The molecule has 3 aromatic rings. The van der Waals surface area contributed by atoms with Gasteiger partial charge in [0.2, 0.25) is 0 Å². The van der Waals surface area contributed by atoms with Crippen LogP contribution in [0.1, 0.15) is 6.42 Å². The molecule has 0 aliphatic heterocycles. The third-order valence-corrected chi connectivity index (χ3v) is 8.59. The number of esters is 1. The standard InChI is InChI=1S/C24H22O4Si/c1-19(18-23(25)27-2)24(26)28-29(20-12-6-3-7-13-20,21-14-8-4-9-15-21)22-16-10-5-11-17-22/h3-17H,1,18H2,2H3.